The number of amides is 1. The quantitative estimate of drug-likeness (QED) is 0.814. The molecule has 0 aromatic heterocycles. The van der Waals surface area contributed by atoms with Gasteiger partial charge in [-0.05, 0) is 52.2 Å². The summed E-state index contributed by atoms with van der Waals surface area (Å²) in [5.74, 6) is 0. The van der Waals surface area contributed by atoms with Crippen molar-refractivity contribution in [1.82, 2.24) is 5.32 Å². The molecule has 1 aliphatic heterocycles. The first kappa shape index (κ1) is 17.4. The van der Waals surface area contributed by atoms with Crippen LogP contribution >= 0.6 is 0 Å². The number of carbonyl (C=O) groups excluding carboxylic acids is 1. The molecule has 128 valence electrons. The monoisotopic (exact) mass is 319 g/mol. The number of nitrogens with zero attached hydrogens (tertiary/aromatic N) is 1. The largest absolute Gasteiger partial charge is 0.444 e. The lowest BCUT2D eigenvalue weighted by Crippen LogP contribution is -2.35. The second kappa shape index (κ2) is 8.09. The Kier molecular flexibility index (Phi) is 6.13. The number of para-hydroxylation sites is 2. The zero-order chi connectivity index (χ0) is 16.7. The summed E-state index contributed by atoms with van der Waals surface area (Å²) in [5.41, 5.74) is 1.92. The Hall–Kier alpha value is -1.91. The van der Waals surface area contributed by atoms with Crippen molar-refractivity contribution < 1.29 is 9.53 Å². The highest BCUT2D eigenvalue weighted by molar-refractivity contribution is 5.70. The van der Waals surface area contributed by atoms with Crippen LogP contribution in [0, 0.1) is 0 Å². The number of ether oxygens (including phenoxy) is 1. The summed E-state index contributed by atoms with van der Waals surface area (Å²) in [6.45, 7) is 9.02. The lowest BCUT2D eigenvalue weighted by molar-refractivity contribution is 0.0530. The van der Waals surface area contributed by atoms with Gasteiger partial charge in [0.25, 0.3) is 0 Å². The van der Waals surface area contributed by atoms with E-state index in [1.165, 1.54) is 24.9 Å². The Bertz CT molecular complexity index is 505. The molecule has 0 radical (unpaired) electrons. The van der Waals surface area contributed by atoms with Crippen LogP contribution in [0.5, 0.6) is 0 Å². The standard InChI is InChI=1S/C18H29N3O2/c1-18(2,3)23-17(22)20-12-11-19-15-9-5-6-10-16(15)21-13-7-4-8-14-21/h5-6,9-10,19H,4,7-8,11-14H2,1-3H3,(H,20,22). The van der Waals surface area contributed by atoms with Gasteiger partial charge in [0.05, 0.1) is 11.4 Å². The maximum absolute atomic E-state index is 11.6. The first-order valence-electron chi connectivity index (χ1n) is 8.50. The van der Waals surface area contributed by atoms with E-state index in [0.717, 1.165) is 18.8 Å². The minimum atomic E-state index is -0.460. The minimum absolute atomic E-state index is 0.372. The average Bonchev–Trinajstić information content (AvgIpc) is 2.51. The van der Waals surface area contributed by atoms with Crippen molar-refractivity contribution in [2.75, 3.05) is 36.4 Å². The van der Waals surface area contributed by atoms with Crippen LogP contribution in [0.25, 0.3) is 0 Å². The third kappa shape index (κ3) is 6.00. The van der Waals surface area contributed by atoms with Gasteiger partial charge in [0.2, 0.25) is 0 Å². The summed E-state index contributed by atoms with van der Waals surface area (Å²) in [6.07, 6.45) is 3.47. The highest BCUT2D eigenvalue weighted by atomic mass is 16.6. The number of piperidine rings is 1. The molecule has 5 heteroatoms. The Balaban J connectivity index is 1.80. The van der Waals surface area contributed by atoms with Crippen LogP contribution in [-0.2, 0) is 4.74 Å². The molecule has 2 N–H and O–H groups in total. The normalized spacial score (nSPS) is 15.2. The van der Waals surface area contributed by atoms with Crippen LogP contribution in [0.4, 0.5) is 16.2 Å². The molecule has 5 nitrogen and oxygen atoms in total. The third-order valence-corrected chi connectivity index (χ3v) is 3.71. The van der Waals surface area contributed by atoms with E-state index in [1.807, 2.05) is 26.8 Å². The van der Waals surface area contributed by atoms with Gasteiger partial charge in [-0.2, -0.15) is 0 Å². The van der Waals surface area contributed by atoms with Crippen LogP contribution in [0.3, 0.4) is 0 Å². The predicted molar refractivity (Wildman–Crippen MR) is 95.2 cm³/mol. The molecule has 1 amide bonds. The number of rotatable bonds is 5. The third-order valence-electron chi connectivity index (χ3n) is 3.71. The molecule has 0 spiro atoms. The zero-order valence-corrected chi connectivity index (χ0v) is 14.5. The van der Waals surface area contributed by atoms with E-state index in [1.54, 1.807) is 0 Å². The van der Waals surface area contributed by atoms with E-state index in [2.05, 4.69) is 33.7 Å². The van der Waals surface area contributed by atoms with Crippen LogP contribution in [0.2, 0.25) is 0 Å². The lowest BCUT2D eigenvalue weighted by Gasteiger charge is -2.30. The van der Waals surface area contributed by atoms with Crippen molar-refractivity contribution in [3.05, 3.63) is 24.3 Å². The summed E-state index contributed by atoms with van der Waals surface area (Å²) in [7, 11) is 0. The first-order chi connectivity index (χ1) is 11.0. The van der Waals surface area contributed by atoms with E-state index < -0.39 is 5.60 Å². The fourth-order valence-electron chi connectivity index (χ4n) is 2.71. The van der Waals surface area contributed by atoms with Crippen molar-refractivity contribution in [2.45, 2.75) is 45.6 Å². The maximum atomic E-state index is 11.6. The fraction of sp³-hybridized carbons (Fsp3) is 0.611. The van der Waals surface area contributed by atoms with E-state index >= 15 is 0 Å². The molecule has 0 aliphatic carbocycles. The van der Waals surface area contributed by atoms with Crippen LogP contribution in [-0.4, -0.2) is 37.9 Å². The Morgan fingerprint density at radius 1 is 1.13 bits per heavy atom. The van der Waals surface area contributed by atoms with Gasteiger partial charge in [0, 0.05) is 26.2 Å². The molecule has 2 rings (SSSR count). The highest BCUT2D eigenvalue weighted by Gasteiger charge is 2.16. The van der Waals surface area contributed by atoms with Gasteiger partial charge in [-0.1, -0.05) is 12.1 Å². The molecule has 0 atom stereocenters. The Morgan fingerprint density at radius 2 is 1.83 bits per heavy atom. The second-order valence-electron chi connectivity index (χ2n) is 6.92. The fourth-order valence-corrected chi connectivity index (χ4v) is 2.71. The number of hydrogen-bond acceptors (Lipinski definition) is 4. The number of benzene rings is 1. The van der Waals surface area contributed by atoms with E-state index in [4.69, 9.17) is 4.74 Å². The number of alkyl carbamates (subject to hydrolysis) is 1. The molecule has 1 heterocycles. The smallest absolute Gasteiger partial charge is 0.407 e. The van der Waals surface area contributed by atoms with Gasteiger partial charge in [-0.15, -0.1) is 0 Å². The molecule has 1 aliphatic rings. The number of anilines is 2. The number of nitrogens with one attached hydrogen (secondary N) is 2. The van der Waals surface area contributed by atoms with Crippen molar-refractivity contribution in [2.24, 2.45) is 0 Å². The van der Waals surface area contributed by atoms with Gasteiger partial charge in [-0.3, -0.25) is 0 Å². The molecule has 1 saturated heterocycles. The van der Waals surface area contributed by atoms with Crippen molar-refractivity contribution >= 4 is 17.5 Å². The molecule has 1 fully saturated rings. The maximum Gasteiger partial charge on any atom is 0.407 e. The summed E-state index contributed by atoms with van der Waals surface area (Å²) >= 11 is 0. The number of carbonyl (C=O) groups is 1. The SMILES string of the molecule is CC(C)(C)OC(=O)NCCNc1ccccc1N1CCCCC1. The Labute approximate surface area is 139 Å². The van der Waals surface area contributed by atoms with Crippen LogP contribution < -0.4 is 15.5 Å². The zero-order valence-electron chi connectivity index (χ0n) is 14.5. The van der Waals surface area contributed by atoms with Crippen molar-refractivity contribution in [3.63, 3.8) is 0 Å². The summed E-state index contributed by atoms with van der Waals surface area (Å²) in [6, 6.07) is 8.37. The Morgan fingerprint density at radius 3 is 2.52 bits per heavy atom. The van der Waals surface area contributed by atoms with Gasteiger partial charge < -0.3 is 20.3 Å². The van der Waals surface area contributed by atoms with Gasteiger partial charge in [-0.25, -0.2) is 4.79 Å². The molecule has 0 bridgehead atoms. The summed E-state index contributed by atoms with van der Waals surface area (Å²) in [5, 5.41) is 6.19. The van der Waals surface area contributed by atoms with Gasteiger partial charge in [0.1, 0.15) is 5.60 Å². The minimum Gasteiger partial charge on any atom is -0.444 e. The lowest BCUT2D eigenvalue weighted by atomic mass is 10.1. The van der Waals surface area contributed by atoms with E-state index in [-0.39, 0.29) is 6.09 Å². The summed E-state index contributed by atoms with van der Waals surface area (Å²) in [4.78, 5) is 14.1. The second-order valence-corrected chi connectivity index (χ2v) is 6.92. The van der Waals surface area contributed by atoms with Crippen LogP contribution in [0.15, 0.2) is 24.3 Å². The van der Waals surface area contributed by atoms with Crippen molar-refractivity contribution in [1.29, 1.82) is 0 Å². The molecule has 1 aromatic carbocycles. The first-order valence-corrected chi connectivity index (χ1v) is 8.50. The van der Waals surface area contributed by atoms with Crippen LogP contribution in [0.1, 0.15) is 40.0 Å². The molecule has 23 heavy (non-hydrogen) atoms. The summed E-state index contributed by atoms with van der Waals surface area (Å²) < 4.78 is 5.22. The van der Waals surface area contributed by atoms with Crippen molar-refractivity contribution in [3.8, 4) is 0 Å². The van der Waals surface area contributed by atoms with E-state index in [0.29, 0.717) is 13.1 Å². The molecule has 0 saturated carbocycles. The molecule has 1 aromatic rings. The molecular formula is C18H29N3O2. The number of hydrogen-bond donors (Lipinski definition) is 2. The molecular weight excluding hydrogens is 290 g/mol. The highest BCUT2D eigenvalue weighted by Crippen LogP contribution is 2.27. The topological polar surface area (TPSA) is 53.6 Å². The van der Waals surface area contributed by atoms with E-state index in [9.17, 15) is 4.79 Å². The average molecular weight is 319 g/mol. The molecule has 0 unspecified atom stereocenters. The van der Waals surface area contributed by atoms with Gasteiger partial charge >= 0.3 is 6.09 Å². The van der Waals surface area contributed by atoms with Gasteiger partial charge in [0.15, 0.2) is 0 Å². The predicted octanol–water partition coefficient (Wildman–Crippen LogP) is 3.61.